The fourth-order valence-corrected chi connectivity index (χ4v) is 9.95. The number of piperazine rings is 1. The minimum Gasteiger partial charge on any atom is -0.497 e. The van der Waals surface area contributed by atoms with Gasteiger partial charge in [-0.05, 0) is 98.7 Å². The Morgan fingerprint density at radius 1 is 1.02 bits per heavy atom. The molecule has 56 heavy (non-hydrogen) atoms. The van der Waals surface area contributed by atoms with Crippen molar-refractivity contribution in [2.75, 3.05) is 26.7 Å². The highest BCUT2D eigenvalue weighted by Gasteiger charge is 2.46. The molecule has 5 heterocycles. The van der Waals surface area contributed by atoms with Crippen LogP contribution in [0.3, 0.4) is 0 Å². The number of fused-ring (bicyclic) bond motifs is 7. The fraction of sp³-hybridized carbons (Fsp3) is 0.488. The number of carbonyl (C=O) groups is 2. The monoisotopic (exact) mass is 792 g/mol. The van der Waals surface area contributed by atoms with E-state index in [2.05, 4.69) is 21.6 Å². The molecule has 11 nitrogen and oxygen atoms in total. The lowest BCUT2D eigenvalue weighted by molar-refractivity contribution is -0.142. The number of halogens is 3. The smallest absolute Gasteiger partial charge is 0.408 e. The third-order valence-electron chi connectivity index (χ3n) is 12.1. The van der Waals surface area contributed by atoms with Crippen molar-refractivity contribution in [2.24, 2.45) is 0 Å². The van der Waals surface area contributed by atoms with Crippen LogP contribution in [0.15, 0.2) is 42.6 Å². The molecule has 0 unspecified atom stereocenters. The maximum atomic E-state index is 14.5. The first-order chi connectivity index (χ1) is 26.7. The van der Waals surface area contributed by atoms with Gasteiger partial charge in [0.15, 0.2) is 0 Å². The van der Waals surface area contributed by atoms with E-state index < -0.39 is 33.9 Å². The molecule has 3 aliphatic heterocycles. The predicted molar refractivity (Wildman–Crippen MR) is 208 cm³/mol. The number of alkyl halides is 3. The summed E-state index contributed by atoms with van der Waals surface area (Å²) >= 11 is 0. The molecule has 298 valence electrons. The van der Waals surface area contributed by atoms with Crippen molar-refractivity contribution >= 4 is 44.4 Å². The molecule has 2 amide bonds. The van der Waals surface area contributed by atoms with Crippen LogP contribution in [0.5, 0.6) is 5.75 Å². The molecule has 3 fully saturated rings. The second-order valence-corrected chi connectivity index (χ2v) is 18.1. The van der Waals surface area contributed by atoms with Crippen LogP contribution < -0.4 is 9.46 Å². The van der Waals surface area contributed by atoms with E-state index in [0.29, 0.717) is 35.5 Å². The Hall–Kier alpha value is -4.63. The van der Waals surface area contributed by atoms with Gasteiger partial charge in [-0.25, -0.2) is 13.1 Å². The second-order valence-electron chi connectivity index (χ2n) is 15.8. The molecular formula is C41H47F3N6O5S. The van der Waals surface area contributed by atoms with Crippen LogP contribution in [0, 0.1) is 0 Å². The van der Waals surface area contributed by atoms with E-state index in [-0.39, 0.29) is 47.3 Å². The van der Waals surface area contributed by atoms with Crippen LogP contribution in [0.25, 0.3) is 33.8 Å². The summed E-state index contributed by atoms with van der Waals surface area (Å²) in [6.07, 6.45) is 4.38. The fourth-order valence-electron chi connectivity index (χ4n) is 9.34. The number of nitrogens with zero attached hydrogens (tertiary/aromatic N) is 5. The average molecular weight is 793 g/mol. The quantitative estimate of drug-likeness (QED) is 0.193. The van der Waals surface area contributed by atoms with E-state index in [0.717, 1.165) is 72.0 Å². The van der Waals surface area contributed by atoms with Gasteiger partial charge in [-0.3, -0.25) is 19.2 Å². The molecule has 2 bridgehead atoms. The van der Waals surface area contributed by atoms with E-state index in [4.69, 9.17) is 4.74 Å². The van der Waals surface area contributed by atoms with Crippen LogP contribution in [-0.4, -0.2) is 94.6 Å². The van der Waals surface area contributed by atoms with Gasteiger partial charge in [0.05, 0.1) is 42.1 Å². The second kappa shape index (κ2) is 14.4. The van der Waals surface area contributed by atoms with Crippen LogP contribution in [0.2, 0.25) is 0 Å². The molecule has 1 aliphatic carbocycles. The van der Waals surface area contributed by atoms with Crippen molar-refractivity contribution < 1.29 is 35.9 Å². The zero-order valence-corrected chi connectivity index (χ0v) is 32.8. The molecule has 0 spiro atoms. The Kier molecular flexibility index (Phi) is 9.83. The summed E-state index contributed by atoms with van der Waals surface area (Å²) in [6.45, 7) is 5.78. The number of allylic oxidation sites excluding steroid dienone is 1. The molecule has 4 aliphatic rings. The summed E-state index contributed by atoms with van der Waals surface area (Å²) in [5, 5.41) is 4.27. The van der Waals surface area contributed by atoms with Gasteiger partial charge in [-0.15, -0.1) is 0 Å². The van der Waals surface area contributed by atoms with Crippen molar-refractivity contribution in [1.29, 1.82) is 0 Å². The van der Waals surface area contributed by atoms with E-state index in [1.807, 2.05) is 34.9 Å². The van der Waals surface area contributed by atoms with E-state index >= 15 is 0 Å². The van der Waals surface area contributed by atoms with Crippen molar-refractivity contribution in [2.45, 2.75) is 102 Å². The maximum absolute atomic E-state index is 14.5. The van der Waals surface area contributed by atoms with Crippen molar-refractivity contribution in [3.8, 4) is 17.0 Å². The van der Waals surface area contributed by atoms with Crippen LogP contribution in [-0.2, 0) is 23.1 Å². The standard InChI is InChI=1S/C41H47F3N6O5S/c1-5-47-21-30-18-29(47)22-48(30)40(52)34-19-45-50(23-41(42,43)44)37(34)28-15-27-16-31(55-4)12-14-32(27)38-36(25-9-7-6-8-10-25)33-13-11-26(17-35(33)49(38)20-28)39(51)46-56(53,54)24(2)3/h11-17,19,24-25,29-30H,5-10,18,20-23H2,1-4H3,(H,46,51)/t29-,30-/m0/s1. The van der Waals surface area contributed by atoms with Crippen molar-refractivity contribution in [3.05, 3.63) is 70.5 Å². The van der Waals surface area contributed by atoms with Gasteiger partial charge in [0.2, 0.25) is 10.0 Å². The summed E-state index contributed by atoms with van der Waals surface area (Å²) in [5.41, 5.74) is 4.88. The van der Waals surface area contributed by atoms with Gasteiger partial charge in [-0.2, -0.15) is 18.3 Å². The van der Waals surface area contributed by atoms with Gasteiger partial charge in [0.1, 0.15) is 12.3 Å². The number of carbonyl (C=O) groups excluding carboxylic acids is 2. The predicted octanol–water partition coefficient (Wildman–Crippen LogP) is 7.06. The largest absolute Gasteiger partial charge is 0.497 e. The minimum absolute atomic E-state index is 0.0403. The lowest BCUT2D eigenvalue weighted by Gasteiger charge is -2.33. The zero-order valence-electron chi connectivity index (χ0n) is 32.0. The Bertz CT molecular complexity index is 2360. The highest BCUT2D eigenvalue weighted by Crippen LogP contribution is 2.48. The van der Waals surface area contributed by atoms with Gasteiger partial charge in [0.25, 0.3) is 11.8 Å². The van der Waals surface area contributed by atoms with Gasteiger partial charge >= 0.3 is 6.18 Å². The zero-order chi connectivity index (χ0) is 39.7. The first-order valence-electron chi connectivity index (χ1n) is 19.5. The summed E-state index contributed by atoms with van der Waals surface area (Å²) in [7, 11) is -2.38. The molecule has 2 aromatic heterocycles. The number of nitrogens with one attached hydrogen (secondary N) is 1. The summed E-state index contributed by atoms with van der Waals surface area (Å²) in [4.78, 5) is 32.1. The average Bonchev–Trinajstić information content (AvgIpc) is 3.93. The first kappa shape index (κ1) is 38.3. The molecular weight excluding hydrogens is 746 g/mol. The van der Waals surface area contributed by atoms with Gasteiger partial charge in [0, 0.05) is 47.2 Å². The third kappa shape index (κ3) is 6.80. The van der Waals surface area contributed by atoms with Crippen LogP contribution in [0.1, 0.15) is 103 Å². The number of hydrogen-bond acceptors (Lipinski definition) is 7. The first-order valence-corrected chi connectivity index (χ1v) is 21.0. The Morgan fingerprint density at radius 2 is 1.79 bits per heavy atom. The maximum Gasteiger partial charge on any atom is 0.408 e. The topological polar surface area (TPSA) is 119 Å². The number of likely N-dealkylation sites (N-methyl/N-ethyl adjacent to an activating group) is 1. The molecule has 2 atom stereocenters. The van der Waals surface area contributed by atoms with Crippen LogP contribution in [0.4, 0.5) is 13.2 Å². The van der Waals surface area contributed by atoms with Gasteiger partial charge < -0.3 is 14.2 Å². The molecule has 4 aromatic rings. The number of hydrogen-bond donors (Lipinski definition) is 1. The number of benzene rings is 2. The normalized spacial score (nSPS) is 20.3. The number of sulfonamides is 1. The molecule has 1 N–H and O–H groups in total. The Balaban J connectivity index is 1.34. The van der Waals surface area contributed by atoms with Crippen molar-refractivity contribution in [3.63, 3.8) is 0 Å². The van der Waals surface area contributed by atoms with Crippen LogP contribution >= 0.6 is 0 Å². The lowest BCUT2D eigenvalue weighted by atomic mass is 9.81. The molecule has 2 aromatic carbocycles. The van der Waals surface area contributed by atoms with Gasteiger partial charge in [-0.1, -0.05) is 32.3 Å². The summed E-state index contributed by atoms with van der Waals surface area (Å²) in [5.74, 6) is -0.399. The highest BCUT2D eigenvalue weighted by atomic mass is 32.2. The SMILES string of the molecule is CCN1C[C@@H]2C[C@H]1CN2C(=O)c1cnn(CC(F)(F)F)c1C1=Cc2cc(OC)ccc2-c2c(C3CCCCC3)c3ccc(C(=O)NS(=O)(=O)C(C)C)cc3n2C1. The Labute approximate surface area is 324 Å². The number of amides is 2. The molecule has 0 radical (unpaired) electrons. The Morgan fingerprint density at radius 3 is 2.45 bits per heavy atom. The summed E-state index contributed by atoms with van der Waals surface area (Å²) < 4.78 is 79.1. The number of aromatic nitrogens is 3. The molecule has 2 saturated heterocycles. The number of likely N-dealkylation sites (tertiary alicyclic amines) is 2. The van der Waals surface area contributed by atoms with E-state index in [9.17, 15) is 31.2 Å². The number of methoxy groups -OCH3 is 1. The summed E-state index contributed by atoms with van der Waals surface area (Å²) in [6, 6.07) is 11.0. The minimum atomic E-state index is -4.63. The molecule has 8 rings (SSSR count). The van der Waals surface area contributed by atoms with E-state index in [1.165, 1.54) is 20.0 Å². The molecule has 15 heteroatoms. The highest BCUT2D eigenvalue weighted by molar-refractivity contribution is 7.90. The van der Waals surface area contributed by atoms with Crippen molar-refractivity contribution in [1.82, 2.24) is 28.9 Å². The number of rotatable bonds is 9. The molecule has 1 saturated carbocycles. The lowest BCUT2D eigenvalue weighted by Crippen LogP contribution is -2.48. The van der Waals surface area contributed by atoms with E-state index in [1.54, 1.807) is 24.1 Å². The third-order valence-corrected chi connectivity index (χ3v) is 13.8. The number of ether oxygens (including phenoxy) is 1.